The Bertz CT molecular complexity index is 241. The summed E-state index contributed by atoms with van der Waals surface area (Å²) in [6.07, 6.45) is 5.22. The topological polar surface area (TPSA) is 53.6 Å². The van der Waals surface area contributed by atoms with Crippen molar-refractivity contribution >= 4 is 5.96 Å². The van der Waals surface area contributed by atoms with Gasteiger partial charge in [0.15, 0.2) is 5.96 Å². The van der Waals surface area contributed by atoms with Gasteiger partial charge in [-0.05, 0) is 44.7 Å². The Labute approximate surface area is 98.3 Å². The highest BCUT2D eigenvalue weighted by Crippen LogP contribution is 2.18. The standard InChI is InChI=1S/C12H24N4/c1-10(9-16-6-2-3-7-16)8-14-12(13)15-11-4-5-11/h10-11H,2-9H2,1H3,(H3,13,14,15)/t10-/m1/s1. The number of hydrogen-bond acceptors (Lipinski definition) is 2. The number of aliphatic imine (C=N–C) groups is 1. The minimum atomic E-state index is 0.609. The van der Waals surface area contributed by atoms with Crippen LogP contribution in [-0.4, -0.2) is 43.1 Å². The first kappa shape index (κ1) is 11.7. The van der Waals surface area contributed by atoms with Crippen molar-refractivity contribution < 1.29 is 0 Å². The van der Waals surface area contributed by atoms with Crippen LogP contribution < -0.4 is 11.1 Å². The molecule has 92 valence electrons. The monoisotopic (exact) mass is 224 g/mol. The molecule has 1 atom stereocenters. The normalized spacial score (nSPS) is 24.7. The molecule has 0 spiro atoms. The molecule has 0 aromatic rings. The van der Waals surface area contributed by atoms with Crippen LogP contribution in [0.5, 0.6) is 0 Å². The van der Waals surface area contributed by atoms with Gasteiger partial charge in [0.2, 0.25) is 0 Å². The molecule has 1 heterocycles. The second kappa shape index (κ2) is 5.53. The Balaban J connectivity index is 1.63. The molecule has 0 amide bonds. The minimum absolute atomic E-state index is 0.609. The molecule has 16 heavy (non-hydrogen) atoms. The van der Waals surface area contributed by atoms with Crippen LogP contribution >= 0.6 is 0 Å². The lowest BCUT2D eigenvalue weighted by molar-refractivity contribution is 0.291. The van der Waals surface area contributed by atoms with Crippen LogP contribution in [0, 0.1) is 5.92 Å². The van der Waals surface area contributed by atoms with Crippen molar-refractivity contribution in [1.82, 2.24) is 10.2 Å². The summed E-state index contributed by atoms with van der Waals surface area (Å²) in [5, 5.41) is 3.22. The van der Waals surface area contributed by atoms with Crippen LogP contribution in [0.15, 0.2) is 4.99 Å². The van der Waals surface area contributed by atoms with Gasteiger partial charge in [-0.3, -0.25) is 4.99 Å². The Hall–Kier alpha value is -0.770. The second-order valence-corrected chi connectivity index (χ2v) is 5.26. The van der Waals surface area contributed by atoms with Gasteiger partial charge >= 0.3 is 0 Å². The molecule has 4 nitrogen and oxygen atoms in total. The van der Waals surface area contributed by atoms with E-state index in [0.29, 0.717) is 17.9 Å². The van der Waals surface area contributed by atoms with Crippen LogP contribution in [0.1, 0.15) is 32.6 Å². The molecule has 0 bridgehead atoms. The van der Waals surface area contributed by atoms with Crippen molar-refractivity contribution in [2.75, 3.05) is 26.2 Å². The summed E-state index contributed by atoms with van der Waals surface area (Å²) in [6, 6.07) is 0.609. The van der Waals surface area contributed by atoms with Gasteiger partial charge in [0.1, 0.15) is 0 Å². The average Bonchev–Trinajstić information content (AvgIpc) is 2.91. The first-order valence-electron chi connectivity index (χ1n) is 6.53. The molecule has 4 heteroatoms. The minimum Gasteiger partial charge on any atom is -0.370 e. The number of hydrogen-bond donors (Lipinski definition) is 2. The summed E-state index contributed by atoms with van der Waals surface area (Å²) in [6.45, 7) is 6.81. The molecular formula is C12H24N4. The second-order valence-electron chi connectivity index (χ2n) is 5.26. The number of likely N-dealkylation sites (tertiary alicyclic amines) is 1. The average molecular weight is 224 g/mol. The zero-order valence-electron chi connectivity index (χ0n) is 10.3. The fraction of sp³-hybridized carbons (Fsp3) is 0.917. The van der Waals surface area contributed by atoms with Crippen molar-refractivity contribution in [2.24, 2.45) is 16.6 Å². The fourth-order valence-electron chi connectivity index (χ4n) is 2.20. The molecule has 2 aliphatic rings. The highest BCUT2D eigenvalue weighted by atomic mass is 15.2. The van der Waals surface area contributed by atoms with E-state index in [1.54, 1.807) is 0 Å². The summed E-state index contributed by atoms with van der Waals surface area (Å²) in [4.78, 5) is 6.94. The SMILES string of the molecule is C[C@H](CN=C(N)NC1CC1)CN1CCCC1. The van der Waals surface area contributed by atoms with Crippen molar-refractivity contribution in [1.29, 1.82) is 0 Å². The quantitative estimate of drug-likeness (QED) is 0.536. The lowest BCUT2D eigenvalue weighted by atomic mass is 10.2. The van der Waals surface area contributed by atoms with Crippen molar-refractivity contribution in [3.8, 4) is 0 Å². The van der Waals surface area contributed by atoms with Gasteiger partial charge in [0, 0.05) is 19.1 Å². The summed E-state index contributed by atoms with van der Waals surface area (Å²) in [5.41, 5.74) is 5.80. The zero-order chi connectivity index (χ0) is 11.4. The van der Waals surface area contributed by atoms with Crippen molar-refractivity contribution in [3.05, 3.63) is 0 Å². The molecule has 0 unspecified atom stereocenters. The zero-order valence-corrected chi connectivity index (χ0v) is 10.3. The van der Waals surface area contributed by atoms with E-state index in [9.17, 15) is 0 Å². The van der Waals surface area contributed by atoms with E-state index < -0.39 is 0 Å². The summed E-state index contributed by atoms with van der Waals surface area (Å²) < 4.78 is 0. The van der Waals surface area contributed by atoms with Crippen LogP contribution in [0.3, 0.4) is 0 Å². The molecule has 1 saturated heterocycles. The largest absolute Gasteiger partial charge is 0.370 e. The molecule has 2 fully saturated rings. The first-order valence-corrected chi connectivity index (χ1v) is 6.53. The van der Waals surface area contributed by atoms with Gasteiger partial charge in [-0.15, -0.1) is 0 Å². The van der Waals surface area contributed by atoms with Gasteiger partial charge < -0.3 is 16.0 Å². The third kappa shape index (κ3) is 4.00. The predicted octanol–water partition coefficient (Wildman–Crippen LogP) is 0.785. The van der Waals surface area contributed by atoms with Crippen LogP contribution in [0.25, 0.3) is 0 Å². The van der Waals surface area contributed by atoms with Crippen LogP contribution in [0.4, 0.5) is 0 Å². The van der Waals surface area contributed by atoms with E-state index >= 15 is 0 Å². The highest BCUT2D eigenvalue weighted by molar-refractivity contribution is 5.78. The van der Waals surface area contributed by atoms with E-state index in [1.165, 1.54) is 45.3 Å². The Kier molecular flexibility index (Phi) is 4.04. The van der Waals surface area contributed by atoms with Crippen LogP contribution in [0.2, 0.25) is 0 Å². The van der Waals surface area contributed by atoms with Crippen molar-refractivity contribution in [2.45, 2.75) is 38.6 Å². The molecular weight excluding hydrogens is 200 g/mol. The number of rotatable bonds is 5. The van der Waals surface area contributed by atoms with Gasteiger partial charge in [0.25, 0.3) is 0 Å². The Morgan fingerprint density at radius 3 is 2.75 bits per heavy atom. The molecule has 2 rings (SSSR count). The first-order chi connectivity index (χ1) is 7.74. The maximum atomic E-state index is 5.80. The molecule has 1 aliphatic heterocycles. The summed E-state index contributed by atoms with van der Waals surface area (Å²) >= 11 is 0. The molecule has 3 N–H and O–H groups in total. The lowest BCUT2D eigenvalue weighted by Gasteiger charge is -2.18. The summed E-state index contributed by atoms with van der Waals surface area (Å²) in [5.74, 6) is 1.24. The summed E-state index contributed by atoms with van der Waals surface area (Å²) in [7, 11) is 0. The molecule has 1 aliphatic carbocycles. The highest BCUT2D eigenvalue weighted by Gasteiger charge is 2.21. The van der Waals surface area contributed by atoms with Gasteiger partial charge in [-0.2, -0.15) is 0 Å². The molecule has 0 radical (unpaired) electrons. The maximum Gasteiger partial charge on any atom is 0.188 e. The number of guanidine groups is 1. The van der Waals surface area contributed by atoms with E-state index in [0.717, 1.165) is 6.54 Å². The van der Waals surface area contributed by atoms with Gasteiger partial charge in [0.05, 0.1) is 0 Å². The number of nitrogens with one attached hydrogen (secondary N) is 1. The molecule has 0 aromatic carbocycles. The third-order valence-corrected chi connectivity index (χ3v) is 3.27. The molecule has 0 aromatic heterocycles. The number of nitrogens with two attached hydrogens (primary N) is 1. The Morgan fingerprint density at radius 2 is 2.12 bits per heavy atom. The lowest BCUT2D eigenvalue weighted by Crippen LogP contribution is -2.34. The smallest absolute Gasteiger partial charge is 0.188 e. The Morgan fingerprint density at radius 1 is 1.44 bits per heavy atom. The molecule has 1 saturated carbocycles. The van der Waals surface area contributed by atoms with Gasteiger partial charge in [-0.25, -0.2) is 0 Å². The predicted molar refractivity (Wildman–Crippen MR) is 67.5 cm³/mol. The van der Waals surface area contributed by atoms with Gasteiger partial charge in [-0.1, -0.05) is 6.92 Å². The van der Waals surface area contributed by atoms with E-state index in [2.05, 4.69) is 22.1 Å². The van der Waals surface area contributed by atoms with E-state index in [1.807, 2.05) is 0 Å². The third-order valence-electron chi connectivity index (χ3n) is 3.27. The van der Waals surface area contributed by atoms with E-state index in [4.69, 9.17) is 5.73 Å². The van der Waals surface area contributed by atoms with Crippen LogP contribution in [-0.2, 0) is 0 Å². The maximum absolute atomic E-state index is 5.80. The number of nitrogens with zero attached hydrogens (tertiary/aromatic N) is 2. The van der Waals surface area contributed by atoms with Crippen molar-refractivity contribution in [3.63, 3.8) is 0 Å². The fourth-order valence-corrected chi connectivity index (χ4v) is 2.20. The van der Waals surface area contributed by atoms with E-state index in [-0.39, 0.29) is 0 Å².